The first-order valence-corrected chi connectivity index (χ1v) is 9.56. The monoisotopic (exact) mass is 372 g/mol. The molecule has 1 atom stereocenters. The topological polar surface area (TPSA) is 82.6 Å². The van der Waals surface area contributed by atoms with Gasteiger partial charge in [0.15, 0.2) is 0 Å². The number of hydrogen-bond acceptors (Lipinski definition) is 4. The Morgan fingerprint density at radius 1 is 1.22 bits per heavy atom. The van der Waals surface area contributed by atoms with E-state index in [1.807, 2.05) is 25.7 Å². The molecule has 7 nitrogen and oxygen atoms in total. The van der Waals surface area contributed by atoms with Crippen molar-refractivity contribution in [2.45, 2.75) is 51.6 Å². The second kappa shape index (κ2) is 7.66. The number of aromatic nitrogens is 1. The summed E-state index contributed by atoms with van der Waals surface area (Å²) in [6.07, 6.45) is 4.93. The van der Waals surface area contributed by atoms with Crippen LogP contribution in [0.15, 0.2) is 24.5 Å². The highest BCUT2D eigenvalue weighted by atomic mass is 16.2. The van der Waals surface area contributed by atoms with Gasteiger partial charge in [-0.3, -0.25) is 19.4 Å². The van der Waals surface area contributed by atoms with Crippen LogP contribution in [0, 0.1) is 5.92 Å². The summed E-state index contributed by atoms with van der Waals surface area (Å²) in [6, 6.07) is 3.52. The maximum atomic E-state index is 12.8. The fourth-order valence-electron chi connectivity index (χ4n) is 3.79. The smallest absolute Gasteiger partial charge is 0.253 e. The summed E-state index contributed by atoms with van der Waals surface area (Å²) in [7, 11) is 0. The average molecular weight is 372 g/mol. The highest BCUT2D eigenvalue weighted by Crippen LogP contribution is 2.27. The predicted octanol–water partition coefficient (Wildman–Crippen LogP) is 1.45. The van der Waals surface area contributed by atoms with Gasteiger partial charge in [0, 0.05) is 50.0 Å². The lowest BCUT2D eigenvalue weighted by Crippen LogP contribution is -2.48. The van der Waals surface area contributed by atoms with Crippen LogP contribution in [-0.4, -0.2) is 63.7 Å². The molecule has 1 N–H and O–H groups in total. The summed E-state index contributed by atoms with van der Waals surface area (Å²) in [5.41, 5.74) is 0.290. The van der Waals surface area contributed by atoms with Crippen molar-refractivity contribution in [3.63, 3.8) is 0 Å². The molecule has 1 aromatic rings. The molecule has 3 heterocycles. The van der Waals surface area contributed by atoms with Crippen molar-refractivity contribution in [2.75, 3.05) is 19.6 Å². The van der Waals surface area contributed by atoms with E-state index in [1.165, 1.54) is 0 Å². The zero-order valence-electron chi connectivity index (χ0n) is 16.3. The van der Waals surface area contributed by atoms with Crippen LogP contribution in [0.5, 0.6) is 0 Å². The van der Waals surface area contributed by atoms with Crippen LogP contribution in [-0.2, 0) is 9.59 Å². The molecule has 0 bridgehead atoms. The number of nitrogens with zero attached hydrogens (tertiary/aromatic N) is 3. The summed E-state index contributed by atoms with van der Waals surface area (Å²) >= 11 is 0. The summed E-state index contributed by atoms with van der Waals surface area (Å²) in [6.45, 7) is 7.70. The summed E-state index contributed by atoms with van der Waals surface area (Å²) < 4.78 is 0. The Morgan fingerprint density at radius 3 is 2.48 bits per heavy atom. The second-order valence-electron chi connectivity index (χ2n) is 8.39. The second-order valence-corrected chi connectivity index (χ2v) is 8.39. The van der Waals surface area contributed by atoms with Gasteiger partial charge in [-0.1, -0.05) is 0 Å². The number of piperidine rings is 1. The molecule has 2 aliphatic rings. The molecule has 0 aliphatic carbocycles. The van der Waals surface area contributed by atoms with Crippen molar-refractivity contribution in [3.8, 4) is 0 Å². The molecule has 3 rings (SSSR count). The largest absolute Gasteiger partial charge is 0.349 e. The third kappa shape index (κ3) is 4.46. The zero-order valence-corrected chi connectivity index (χ0v) is 16.3. The first kappa shape index (κ1) is 19.3. The first-order valence-electron chi connectivity index (χ1n) is 9.56. The average Bonchev–Trinajstić information content (AvgIpc) is 3.04. The third-order valence-corrected chi connectivity index (χ3v) is 5.35. The fraction of sp³-hybridized carbons (Fsp3) is 0.600. The van der Waals surface area contributed by atoms with Gasteiger partial charge >= 0.3 is 0 Å². The number of carbonyl (C=O) groups excluding carboxylic acids is 3. The molecule has 27 heavy (non-hydrogen) atoms. The van der Waals surface area contributed by atoms with Crippen LogP contribution in [0.3, 0.4) is 0 Å². The molecule has 2 aliphatic heterocycles. The van der Waals surface area contributed by atoms with E-state index in [2.05, 4.69) is 10.3 Å². The minimum absolute atomic E-state index is 0.0537. The van der Waals surface area contributed by atoms with Crippen molar-refractivity contribution in [2.24, 2.45) is 5.92 Å². The highest BCUT2D eigenvalue weighted by molar-refractivity contribution is 5.94. The number of pyridine rings is 1. The fourth-order valence-corrected chi connectivity index (χ4v) is 3.79. The van der Waals surface area contributed by atoms with E-state index in [1.54, 1.807) is 29.4 Å². The van der Waals surface area contributed by atoms with E-state index in [-0.39, 0.29) is 35.2 Å². The molecule has 3 amide bonds. The Labute approximate surface area is 160 Å². The molecule has 2 fully saturated rings. The van der Waals surface area contributed by atoms with Crippen LogP contribution >= 0.6 is 0 Å². The predicted molar refractivity (Wildman–Crippen MR) is 101 cm³/mol. The first-order chi connectivity index (χ1) is 12.8. The van der Waals surface area contributed by atoms with Crippen LogP contribution in [0.2, 0.25) is 0 Å². The lowest BCUT2D eigenvalue weighted by atomic mass is 10.0. The minimum atomic E-state index is -0.254. The maximum Gasteiger partial charge on any atom is 0.253 e. The van der Waals surface area contributed by atoms with Gasteiger partial charge in [0.25, 0.3) is 5.91 Å². The summed E-state index contributed by atoms with van der Waals surface area (Å²) in [5.74, 6) is -0.264. The highest BCUT2D eigenvalue weighted by Gasteiger charge is 2.41. The molecule has 146 valence electrons. The van der Waals surface area contributed by atoms with Gasteiger partial charge in [0.1, 0.15) is 0 Å². The van der Waals surface area contributed by atoms with Gasteiger partial charge in [-0.2, -0.15) is 0 Å². The van der Waals surface area contributed by atoms with Gasteiger partial charge < -0.3 is 15.1 Å². The summed E-state index contributed by atoms with van der Waals surface area (Å²) in [5, 5.41) is 3.02. The van der Waals surface area contributed by atoms with E-state index in [0.29, 0.717) is 31.6 Å². The molecule has 0 saturated carbocycles. The van der Waals surface area contributed by atoms with Gasteiger partial charge in [-0.25, -0.2) is 0 Å². The maximum absolute atomic E-state index is 12.8. The molecule has 0 radical (unpaired) electrons. The molecular weight excluding hydrogens is 344 g/mol. The number of rotatable bonds is 3. The number of likely N-dealkylation sites (tertiary alicyclic amines) is 2. The Balaban J connectivity index is 1.50. The number of amides is 3. The molecule has 0 aromatic carbocycles. The van der Waals surface area contributed by atoms with Crippen molar-refractivity contribution < 1.29 is 14.4 Å². The number of nitrogens with one attached hydrogen (secondary N) is 1. The van der Waals surface area contributed by atoms with E-state index in [9.17, 15) is 14.4 Å². The van der Waals surface area contributed by atoms with Gasteiger partial charge in [-0.15, -0.1) is 0 Å². The quantitative estimate of drug-likeness (QED) is 0.871. The number of hydrogen-bond donors (Lipinski definition) is 1. The van der Waals surface area contributed by atoms with Crippen molar-refractivity contribution in [3.05, 3.63) is 30.1 Å². The van der Waals surface area contributed by atoms with Crippen molar-refractivity contribution in [1.82, 2.24) is 20.1 Å². The van der Waals surface area contributed by atoms with Crippen LogP contribution in [0.4, 0.5) is 0 Å². The van der Waals surface area contributed by atoms with E-state index in [0.717, 1.165) is 12.8 Å². The van der Waals surface area contributed by atoms with Gasteiger partial charge in [0.2, 0.25) is 11.8 Å². The lowest BCUT2D eigenvalue weighted by Gasteiger charge is -2.35. The van der Waals surface area contributed by atoms with Crippen LogP contribution < -0.4 is 5.32 Å². The van der Waals surface area contributed by atoms with Gasteiger partial charge in [0.05, 0.1) is 11.5 Å². The van der Waals surface area contributed by atoms with E-state index >= 15 is 0 Å². The third-order valence-electron chi connectivity index (χ3n) is 5.35. The molecule has 1 aromatic heterocycles. The Hall–Kier alpha value is -2.44. The lowest BCUT2D eigenvalue weighted by molar-refractivity contribution is -0.136. The number of carbonyl (C=O) groups is 3. The molecule has 0 spiro atoms. The Kier molecular flexibility index (Phi) is 5.48. The standard InChI is InChI=1S/C20H28N4O3/c1-20(2,3)24-13-15(11-17(24)25)19(27)23-9-6-16(7-10-23)22-18(26)14-5-4-8-21-12-14/h4-5,8,12,15-16H,6-7,9-11,13H2,1-3H3,(H,22,26). The van der Waals surface area contributed by atoms with Crippen LogP contribution in [0.1, 0.15) is 50.4 Å². The molecule has 7 heteroatoms. The van der Waals surface area contributed by atoms with E-state index in [4.69, 9.17) is 0 Å². The van der Waals surface area contributed by atoms with Gasteiger partial charge in [-0.05, 0) is 45.7 Å². The molecule has 1 unspecified atom stereocenters. The SMILES string of the molecule is CC(C)(C)N1CC(C(=O)N2CCC(NC(=O)c3cccnc3)CC2)CC1=O. The minimum Gasteiger partial charge on any atom is -0.349 e. The Bertz CT molecular complexity index is 706. The molecule has 2 saturated heterocycles. The van der Waals surface area contributed by atoms with E-state index < -0.39 is 0 Å². The Morgan fingerprint density at radius 2 is 1.93 bits per heavy atom. The zero-order chi connectivity index (χ0) is 19.6. The normalized spacial score (nSPS) is 21.4. The van der Waals surface area contributed by atoms with Crippen molar-refractivity contribution >= 4 is 17.7 Å². The van der Waals surface area contributed by atoms with Crippen molar-refractivity contribution in [1.29, 1.82) is 0 Å². The molecular formula is C20H28N4O3. The summed E-state index contributed by atoms with van der Waals surface area (Å²) in [4.78, 5) is 44.9. The van der Waals surface area contributed by atoms with Crippen LogP contribution in [0.25, 0.3) is 0 Å².